The number of nitrogens with zero attached hydrogens (tertiary/aromatic N) is 2. The monoisotopic (exact) mass is 285 g/mol. The van der Waals surface area contributed by atoms with Gasteiger partial charge in [-0.15, -0.1) is 0 Å². The minimum atomic E-state index is -0.198. The molecule has 0 aliphatic carbocycles. The number of anilines is 2. The van der Waals surface area contributed by atoms with Crippen LogP contribution in [0.1, 0.15) is 24.8 Å². The number of likely N-dealkylation sites (tertiary alicyclic amines) is 1. The molecule has 0 saturated carbocycles. The summed E-state index contributed by atoms with van der Waals surface area (Å²) in [6, 6.07) is 8.94. The Balaban J connectivity index is 1.73. The van der Waals surface area contributed by atoms with Gasteiger partial charge < -0.3 is 5.32 Å². The standard InChI is InChI=1S/C17H20FN3/c18-15-9-14(13-21-7-2-1-3-8-21)10-17(11-15)20-16-5-4-6-19-12-16/h4-6,9-12,20H,1-3,7-8,13H2. The van der Waals surface area contributed by atoms with E-state index in [1.54, 1.807) is 18.5 Å². The number of pyridine rings is 1. The van der Waals surface area contributed by atoms with E-state index in [-0.39, 0.29) is 5.82 Å². The highest BCUT2D eigenvalue weighted by molar-refractivity contribution is 5.59. The van der Waals surface area contributed by atoms with Gasteiger partial charge in [0.25, 0.3) is 0 Å². The third-order valence-corrected chi connectivity index (χ3v) is 3.76. The average molecular weight is 285 g/mol. The molecule has 110 valence electrons. The van der Waals surface area contributed by atoms with Crippen LogP contribution in [0.2, 0.25) is 0 Å². The van der Waals surface area contributed by atoms with Crippen LogP contribution in [0, 0.1) is 5.82 Å². The van der Waals surface area contributed by atoms with Crippen LogP contribution in [0.5, 0.6) is 0 Å². The van der Waals surface area contributed by atoms with Crippen LogP contribution in [0.15, 0.2) is 42.7 Å². The van der Waals surface area contributed by atoms with Crippen LogP contribution in [-0.4, -0.2) is 23.0 Å². The van der Waals surface area contributed by atoms with Gasteiger partial charge in [0.15, 0.2) is 0 Å². The Labute approximate surface area is 124 Å². The Morgan fingerprint density at radius 2 is 1.95 bits per heavy atom. The molecule has 1 aliphatic heterocycles. The van der Waals surface area contributed by atoms with Gasteiger partial charge in [0.2, 0.25) is 0 Å². The lowest BCUT2D eigenvalue weighted by atomic mass is 10.1. The first-order valence-electron chi connectivity index (χ1n) is 7.48. The fourth-order valence-electron chi connectivity index (χ4n) is 2.79. The highest BCUT2D eigenvalue weighted by Gasteiger charge is 2.11. The van der Waals surface area contributed by atoms with Crippen LogP contribution in [0.3, 0.4) is 0 Å². The molecule has 1 aliphatic rings. The molecular weight excluding hydrogens is 265 g/mol. The topological polar surface area (TPSA) is 28.2 Å². The highest BCUT2D eigenvalue weighted by Crippen LogP contribution is 2.21. The number of benzene rings is 1. The van der Waals surface area contributed by atoms with Crippen LogP contribution >= 0.6 is 0 Å². The van der Waals surface area contributed by atoms with Gasteiger partial charge >= 0.3 is 0 Å². The van der Waals surface area contributed by atoms with Crippen LogP contribution in [0.25, 0.3) is 0 Å². The Kier molecular flexibility index (Phi) is 4.46. The predicted octanol–water partition coefficient (Wildman–Crippen LogP) is 3.95. The summed E-state index contributed by atoms with van der Waals surface area (Å²) in [6.07, 6.45) is 7.26. The predicted molar refractivity (Wildman–Crippen MR) is 83.0 cm³/mol. The fraction of sp³-hybridized carbons (Fsp3) is 0.353. The van der Waals surface area contributed by atoms with Crippen molar-refractivity contribution in [2.75, 3.05) is 18.4 Å². The van der Waals surface area contributed by atoms with E-state index in [0.29, 0.717) is 0 Å². The molecule has 1 saturated heterocycles. The molecule has 3 nitrogen and oxygen atoms in total. The zero-order chi connectivity index (χ0) is 14.5. The molecule has 0 amide bonds. The van der Waals surface area contributed by atoms with Crippen LogP contribution < -0.4 is 5.32 Å². The number of hydrogen-bond donors (Lipinski definition) is 1. The van der Waals surface area contributed by atoms with E-state index in [9.17, 15) is 4.39 Å². The summed E-state index contributed by atoms with van der Waals surface area (Å²) < 4.78 is 13.8. The molecular formula is C17H20FN3. The molecule has 0 bridgehead atoms. The van der Waals surface area contributed by atoms with Crippen molar-refractivity contribution < 1.29 is 4.39 Å². The lowest BCUT2D eigenvalue weighted by Gasteiger charge is -2.26. The summed E-state index contributed by atoms with van der Waals surface area (Å²) in [7, 11) is 0. The summed E-state index contributed by atoms with van der Waals surface area (Å²) in [4.78, 5) is 6.45. The Bertz CT molecular complexity index is 580. The van der Waals surface area contributed by atoms with Crippen molar-refractivity contribution in [2.45, 2.75) is 25.8 Å². The third-order valence-electron chi connectivity index (χ3n) is 3.76. The normalized spacial score (nSPS) is 15.9. The van der Waals surface area contributed by atoms with Gasteiger partial charge in [-0.25, -0.2) is 4.39 Å². The molecule has 3 rings (SSSR count). The van der Waals surface area contributed by atoms with Gasteiger partial charge in [0, 0.05) is 18.4 Å². The number of halogens is 1. The van der Waals surface area contributed by atoms with Gasteiger partial charge in [-0.2, -0.15) is 0 Å². The number of hydrogen-bond acceptors (Lipinski definition) is 3. The summed E-state index contributed by atoms with van der Waals surface area (Å²) >= 11 is 0. The van der Waals surface area contributed by atoms with E-state index in [4.69, 9.17) is 0 Å². The number of rotatable bonds is 4. The van der Waals surface area contributed by atoms with E-state index in [1.165, 1.54) is 25.3 Å². The van der Waals surface area contributed by atoms with E-state index < -0.39 is 0 Å². The van der Waals surface area contributed by atoms with Crippen LogP contribution in [0.4, 0.5) is 15.8 Å². The van der Waals surface area contributed by atoms with Crippen molar-refractivity contribution in [2.24, 2.45) is 0 Å². The summed E-state index contributed by atoms with van der Waals surface area (Å²) in [5.41, 5.74) is 2.66. The zero-order valence-electron chi connectivity index (χ0n) is 12.1. The summed E-state index contributed by atoms with van der Waals surface area (Å²) in [6.45, 7) is 3.04. The first-order valence-corrected chi connectivity index (χ1v) is 7.48. The van der Waals surface area contributed by atoms with Crippen molar-refractivity contribution >= 4 is 11.4 Å². The molecule has 2 heterocycles. The molecule has 0 atom stereocenters. The Hall–Kier alpha value is -1.94. The third kappa shape index (κ3) is 4.02. The SMILES string of the molecule is Fc1cc(CN2CCCCC2)cc(Nc2cccnc2)c1. The molecule has 4 heteroatoms. The Morgan fingerprint density at radius 3 is 2.71 bits per heavy atom. The maximum atomic E-state index is 13.8. The minimum absolute atomic E-state index is 0.198. The molecule has 0 unspecified atom stereocenters. The second-order valence-corrected chi connectivity index (χ2v) is 5.55. The van der Waals surface area contributed by atoms with Gasteiger partial charge in [-0.05, 0) is 61.8 Å². The maximum Gasteiger partial charge on any atom is 0.125 e. The van der Waals surface area contributed by atoms with Gasteiger partial charge in [0.1, 0.15) is 5.82 Å². The zero-order valence-corrected chi connectivity index (χ0v) is 12.1. The molecule has 1 fully saturated rings. The lowest BCUT2D eigenvalue weighted by molar-refractivity contribution is 0.220. The largest absolute Gasteiger partial charge is 0.354 e. The lowest BCUT2D eigenvalue weighted by Crippen LogP contribution is -2.29. The van der Waals surface area contributed by atoms with Crippen molar-refractivity contribution in [3.63, 3.8) is 0 Å². The van der Waals surface area contributed by atoms with Gasteiger partial charge in [-0.3, -0.25) is 9.88 Å². The molecule has 0 spiro atoms. The molecule has 1 N–H and O–H groups in total. The van der Waals surface area contributed by atoms with E-state index in [1.807, 2.05) is 18.2 Å². The van der Waals surface area contributed by atoms with Gasteiger partial charge in [0.05, 0.1) is 11.9 Å². The van der Waals surface area contributed by atoms with E-state index in [0.717, 1.165) is 36.6 Å². The van der Waals surface area contributed by atoms with Gasteiger partial charge in [-0.1, -0.05) is 6.42 Å². The van der Waals surface area contributed by atoms with Crippen LogP contribution in [-0.2, 0) is 6.54 Å². The minimum Gasteiger partial charge on any atom is -0.354 e. The second-order valence-electron chi connectivity index (χ2n) is 5.55. The van der Waals surface area contributed by atoms with Crippen molar-refractivity contribution in [1.82, 2.24) is 9.88 Å². The summed E-state index contributed by atoms with van der Waals surface area (Å²) in [5.74, 6) is -0.198. The van der Waals surface area contributed by atoms with Crippen molar-refractivity contribution in [3.8, 4) is 0 Å². The quantitative estimate of drug-likeness (QED) is 0.922. The molecule has 1 aromatic carbocycles. The maximum absolute atomic E-state index is 13.8. The molecule has 21 heavy (non-hydrogen) atoms. The molecule has 2 aromatic rings. The van der Waals surface area contributed by atoms with Crippen molar-refractivity contribution in [3.05, 3.63) is 54.1 Å². The number of nitrogens with one attached hydrogen (secondary N) is 1. The van der Waals surface area contributed by atoms with E-state index >= 15 is 0 Å². The first-order chi connectivity index (χ1) is 10.3. The summed E-state index contributed by atoms with van der Waals surface area (Å²) in [5, 5.41) is 3.20. The molecule has 0 radical (unpaired) electrons. The smallest absolute Gasteiger partial charge is 0.125 e. The second kappa shape index (κ2) is 6.68. The number of piperidine rings is 1. The average Bonchev–Trinajstić information content (AvgIpc) is 2.48. The molecule has 1 aromatic heterocycles. The Morgan fingerprint density at radius 1 is 1.10 bits per heavy atom. The van der Waals surface area contributed by atoms with Crippen molar-refractivity contribution in [1.29, 1.82) is 0 Å². The fourth-order valence-corrected chi connectivity index (χ4v) is 2.79. The number of aromatic nitrogens is 1. The highest BCUT2D eigenvalue weighted by atomic mass is 19.1. The first kappa shape index (κ1) is 14.0. The van der Waals surface area contributed by atoms with E-state index in [2.05, 4.69) is 15.2 Å².